The first-order chi connectivity index (χ1) is 6.09. The molecule has 0 spiro atoms. The molecule has 0 aliphatic heterocycles. The molecule has 3 heteroatoms. The lowest BCUT2D eigenvalue weighted by Crippen LogP contribution is -2.21. The predicted octanol–water partition coefficient (Wildman–Crippen LogP) is 3.09. The van der Waals surface area contributed by atoms with E-state index in [1.165, 1.54) is 12.1 Å². The van der Waals surface area contributed by atoms with Crippen LogP contribution in [0.25, 0.3) is 0 Å². The van der Waals surface area contributed by atoms with Crippen molar-refractivity contribution >= 4 is 15.9 Å². The van der Waals surface area contributed by atoms with E-state index >= 15 is 0 Å². The van der Waals surface area contributed by atoms with Gasteiger partial charge in [0.25, 0.3) is 0 Å². The van der Waals surface area contributed by atoms with Gasteiger partial charge in [0.05, 0.1) is 0 Å². The molecule has 1 aromatic carbocycles. The van der Waals surface area contributed by atoms with E-state index in [1.54, 1.807) is 6.07 Å². The molecule has 1 rings (SSSR count). The van der Waals surface area contributed by atoms with Crippen LogP contribution in [-0.2, 0) is 6.54 Å². The normalized spacial score (nSPS) is 10.8. The van der Waals surface area contributed by atoms with Crippen molar-refractivity contribution in [3.63, 3.8) is 0 Å². The Kier molecular flexibility index (Phi) is 3.88. The zero-order valence-electron chi connectivity index (χ0n) is 7.77. The Morgan fingerprint density at radius 1 is 1.46 bits per heavy atom. The summed E-state index contributed by atoms with van der Waals surface area (Å²) in [5, 5.41) is 3.27. The molecule has 0 saturated heterocycles. The maximum absolute atomic E-state index is 12.7. The smallest absolute Gasteiger partial charge is 0.124 e. The predicted molar refractivity (Wildman–Crippen MR) is 56.1 cm³/mol. The molecule has 0 aliphatic rings. The van der Waals surface area contributed by atoms with Crippen molar-refractivity contribution < 1.29 is 4.39 Å². The average molecular weight is 246 g/mol. The summed E-state index contributed by atoms with van der Waals surface area (Å²) in [7, 11) is 0. The van der Waals surface area contributed by atoms with Crippen molar-refractivity contribution in [1.82, 2.24) is 5.32 Å². The van der Waals surface area contributed by atoms with Crippen molar-refractivity contribution in [3.05, 3.63) is 34.1 Å². The van der Waals surface area contributed by atoms with E-state index in [1.807, 2.05) is 0 Å². The first-order valence-electron chi connectivity index (χ1n) is 4.27. The minimum absolute atomic E-state index is 0.208. The summed E-state index contributed by atoms with van der Waals surface area (Å²) in [5.41, 5.74) is 1.08. The Balaban J connectivity index is 2.67. The molecule has 0 bridgehead atoms. The molecule has 1 aromatic rings. The van der Waals surface area contributed by atoms with Gasteiger partial charge in [-0.05, 0) is 17.7 Å². The molecule has 0 fully saturated rings. The van der Waals surface area contributed by atoms with Crippen LogP contribution < -0.4 is 5.32 Å². The third kappa shape index (κ3) is 3.44. The summed E-state index contributed by atoms with van der Waals surface area (Å²) in [4.78, 5) is 0. The fourth-order valence-corrected chi connectivity index (χ4v) is 1.47. The van der Waals surface area contributed by atoms with E-state index in [0.29, 0.717) is 6.04 Å². The van der Waals surface area contributed by atoms with Crippen LogP contribution >= 0.6 is 15.9 Å². The maximum Gasteiger partial charge on any atom is 0.124 e. The van der Waals surface area contributed by atoms with Gasteiger partial charge in [-0.1, -0.05) is 35.8 Å². The number of rotatable bonds is 3. The quantitative estimate of drug-likeness (QED) is 0.864. The van der Waals surface area contributed by atoms with Crippen molar-refractivity contribution in [1.29, 1.82) is 0 Å². The molecule has 1 N–H and O–H groups in total. The third-order valence-electron chi connectivity index (χ3n) is 1.72. The van der Waals surface area contributed by atoms with Gasteiger partial charge in [0.15, 0.2) is 0 Å². The molecule has 0 heterocycles. The number of hydrogen-bond donors (Lipinski definition) is 1. The lowest BCUT2D eigenvalue weighted by atomic mass is 10.2. The van der Waals surface area contributed by atoms with Crippen LogP contribution in [0.3, 0.4) is 0 Å². The van der Waals surface area contributed by atoms with E-state index in [-0.39, 0.29) is 5.82 Å². The molecule has 0 unspecified atom stereocenters. The van der Waals surface area contributed by atoms with Crippen molar-refractivity contribution in [2.45, 2.75) is 26.4 Å². The van der Waals surface area contributed by atoms with Crippen LogP contribution in [0.4, 0.5) is 4.39 Å². The van der Waals surface area contributed by atoms with Crippen LogP contribution in [0.5, 0.6) is 0 Å². The van der Waals surface area contributed by atoms with Gasteiger partial charge in [-0.25, -0.2) is 4.39 Å². The summed E-state index contributed by atoms with van der Waals surface area (Å²) in [6.45, 7) is 4.92. The van der Waals surface area contributed by atoms with Gasteiger partial charge in [0.2, 0.25) is 0 Å². The number of hydrogen-bond acceptors (Lipinski definition) is 1. The average Bonchev–Trinajstić information content (AvgIpc) is 2.02. The van der Waals surface area contributed by atoms with Gasteiger partial charge < -0.3 is 5.32 Å². The second-order valence-corrected chi connectivity index (χ2v) is 4.13. The van der Waals surface area contributed by atoms with Gasteiger partial charge in [0.1, 0.15) is 5.82 Å². The summed E-state index contributed by atoms with van der Waals surface area (Å²) >= 11 is 3.32. The lowest BCUT2D eigenvalue weighted by Gasteiger charge is -2.09. The van der Waals surface area contributed by atoms with Gasteiger partial charge in [-0.15, -0.1) is 0 Å². The molecule has 0 saturated carbocycles. The van der Waals surface area contributed by atoms with Crippen LogP contribution in [0, 0.1) is 5.82 Å². The zero-order valence-corrected chi connectivity index (χ0v) is 9.36. The Morgan fingerprint density at radius 2 is 2.15 bits per heavy atom. The molecule has 72 valence electrons. The molecule has 0 aromatic heterocycles. The summed E-state index contributed by atoms with van der Waals surface area (Å²) in [6.07, 6.45) is 0. The van der Waals surface area contributed by atoms with Gasteiger partial charge in [-0.3, -0.25) is 0 Å². The lowest BCUT2D eigenvalue weighted by molar-refractivity contribution is 0.585. The highest BCUT2D eigenvalue weighted by Gasteiger charge is 2.01. The standard InChI is InChI=1S/C10H13BrFN/c1-7(2)13-6-8-3-4-9(12)5-10(8)11/h3-5,7,13H,6H2,1-2H3. The SMILES string of the molecule is CC(C)NCc1ccc(F)cc1Br. The summed E-state index contributed by atoms with van der Waals surface area (Å²) in [5.74, 6) is -0.208. The Hall–Kier alpha value is -0.410. The van der Waals surface area contributed by atoms with Crippen molar-refractivity contribution in [3.8, 4) is 0 Å². The number of benzene rings is 1. The molecule has 0 radical (unpaired) electrons. The van der Waals surface area contributed by atoms with Gasteiger partial charge >= 0.3 is 0 Å². The Labute approximate surface area is 86.5 Å². The number of nitrogens with one attached hydrogen (secondary N) is 1. The van der Waals surface area contributed by atoms with Crippen molar-refractivity contribution in [2.24, 2.45) is 0 Å². The van der Waals surface area contributed by atoms with E-state index < -0.39 is 0 Å². The fraction of sp³-hybridized carbons (Fsp3) is 0.400. The third-order valence-corrected chi connectivity index (χ3v) is 2.45. The number of halogens is 2. The first-order valence-corrected chi connectivity index (χ1v) is 5.06. The topological polar surface area (TPSA) is 12.0 Å². The highest BCUT2D eigenvalue weighted by molar-refractivity contribution is 9.10. The van der Waals surface area contributed by atoms with Crippen LogP contribution in [0.2, 0.25) is 0 Å². The molecular formula is C10H13BrFN. The maximum atomic E-state index is 12.7. The Bertz CT molecular complexity index is 286. The van der Waals surface area contributed by atoms with Crippen LogP contribution in [0.15, 0.2) is 22.7 Å². The van der Waals surface area contributed by atoms with E-state index in [4.69, 9.17) is 0 Å². The minimum Gasteiger partial charge on any atom is -0.310 e. The molecular weight excluding hydrogens is 233 g/mol. The monoisotopic (exact) mass is 245 g/mol. The van der Waals surface area contributed by atoms with Crippen LogP contribution in [0.1, 0.15) is 19.4 Å². The highest BCUT2D eigenvalue weighted by atomic mass is 79.9. The molecule has 13 heavy (non-hydrogen) atoms. The van der Waals surface area contributed by atoms with E-state index in [0.717, 1.165) is 16.6 Å². The highest BCUT2D eigenvalue weighted by Crippen LogP contribution is 2.17. The van der Waals surface area contributed by atoms with Crippen LogP contribution in [-0.4, -0.2) is 6.04 Å². The van der Waals surface area contributed by atoms with Gasteiger partial charge in [-0.2, -0.15) is 0 Å². The fourth-order valence-electron chi connectivity index (χ4n) is 0.979. The Morgan fingerprint density at radius 3 is 2.69 bits per heavy atom. The molecule has 0 aliphatic carbocycles. The molecule has 0 amide bonds. The van der Waals surface area contributed by atoms with Crippen molar-refractivity contribution in [2.75, 3.05) is 0 Å². The minimum atomic E-state index is -0.208. The summed E-state index contributed by atoms with van der Waals surface area (Å²) < 4.78 is 13.5. The first kappa shape index (κ1) is 10.7. The second-order valence-electron chi connectivity index (χ2n) is 3.27. The van der Waals surface area contributed by atoms with E-state index in [2.05, 4.69) is 35.1 Å². The summed E-state index contributed by atoms with van der Waals surface area (Å²) in [6, 6.07) is 5.19. The van der Waals surface area contributed by atoms with E-state index in [9.17, 15) is 4.39 Å². The largest absolute Gasteiger partial charge is 0.310 e. The zero-order chi connectivity index (χ0) is 9.84. The van der Waals surface area contributed by atoms with Gasteiger partial charge in [0, 0.05) is 17.1 Å². The second kappa shape index (κ2) is 4.72. The molecule has 1 nitrogen and oxygen atoms in total. The molecule has 0 atom stereocenters.